The Labute approximate surface area is 111 Å². The number of anilines is 1. The van der Waals surface area contributed by atoms with Crippen LogP contribution in [-0.4, -0.2) is 38.5 Å². The second-order valence-electron chi connectivity index (χ2n) is 3.66. The summed E-state index contributed by atoms with van der Waals surface area (Å²) in [6.45, 7) is 4.68. The van der Waals surface area contributed by atoms with Gasteiger partial charge in [0, 0.05) is 11.9 Å². The van der Waals surface area contributed by atoms with Crippen molar-refractivity contribution in [1.29, 1.82) is 0 Å². The van der Waals surface area contributed by atoms with Crippen LogP contribution in [0.25, 0.3) is 0 Å². The van der Waals surface area contributed by atoms with Gasteiger partial charge < -0.3 is 9.84 Å². The quantitative estimate of drug-likeness (QED) is 0.363. The summed E-state index contributed by atoms with van der Waals surface area (Å²) in [6, 6.07) is 0.262. The van der Waals surface area contributed by atoms with Gasteiger partial charge in [0.15, 0.2) is 5.16 Å². The van der Waals surface area contributed by atoms with Gasteiger partial charge >= 0.3 is 6.01 Å². The number of thioether (sulfide) groups is 1. The molecule has 0 aliphatic heterocycles. The van der Waals surface area contributed by atoms with Crippen LogP contribution in [0.2, 0.25) is 0 Å². The largest absolute Gasteiger partial charge is 0.463 e. The lowest BCUT2D eigenvalue weighted by atomic mass is 10.4. The first-order chi connectivity index (χ1) is 8.69. The number of hydrogen-bond donors (Lipinski definition) is 3. The van der Waals surface area contributed by atoms with E-state index in [0.717, 1.165) is 6.42 Å². The van der Waals surface area contributed by atoms with Crippen molar-refractivity contribution >= 4 is 17.7 Å². The molecule has 8 heteroatoms. The molecule has 0 radical (unpaired) electrons. The van der Waals surface area contributed by atoms with Gasteiger partial charge in [-0.25, -0.2) is 5.84 Å². The molecular formula is C10H19N5O2S. The number of aromatic nitrogens is 3. The summed E-state index contributed by atoms with van der Waals surface area (Å²) in [5.41, 5.74) is 2.38. The van der Waals surface area contributed by atoms with Crippen LogP contribution in [0, 0.1) is 0 Å². The molecule has 1 rings (SSSR count). The van der Waals surface area contributed by atoms with Crippen molar-refractivity contribution in [3.8, 4) is 6.01 Å². The lowest BCUT2D eigenvalue weighted by molar-refractivity contribution is 0.287. The van der Waals surface area contributed by atoms with Crippen LogP contribution in [0.4, 0.5) is 5.95 Å². The van der Waals surface area contributed by atoms with Gasteiger partial charge in [0.2, 0.25) is 5.95 Å². The Balaban J connectivity index is 2.76. The fourth-order valence-corrected chi connectivity index (χ4v) is 1.99. The molecular weight excluding hydrogens is 254 g/mol. The van der Waals surface area contributed by atoms with E-state index in [4.69, 9.17) is 15.7 Å². The molecule has 0 saturated heterocycles. The summed E-state index contributed by atoms with van der Waals surface area (Å²) in [5.74, 6) is 5.57. The van der Waals surface area contributed by atoms with Crippen molar-refractivity contribution in [1.82, 2.24) is 15.0 Å². The maximum absolute atomic E-state index is 8.86. The van der Waals surface area contributed by atoms with Gasteiger partial charge in [-0.15, -0.1) is 0 Å². The fourth-order valence-electron chi connectivity index (χ4n) is 1.13. The molecule has 4 N–H and O–H groups in total. The molecule has 0 fully saturated rings. The monoisotopic (exact) mass is 273 g/mol. The molecule has 1 aromatic rings. The molecule has 1 aromatic heterocycles. The highest BCUT2D eigenvalue weighted by Gasteiger charge is 2.11. The summed E-state index contributed by atoms with van der Waals surface area (Å²) in [6.07, 6.45) is 1.55. The number of hydrazine groups is 1. The van der Waals surface area contributed by atoms with Crippen LogP contribution in [-0.2, 0) is 0 Å². The van der Waals surface area contributed by atoms with Crippen molar-refractivity contribution in [2.24, 2.45) is 5.84 Å². The molecule has 0 aromatic carbocycles. The average Bonchev–Trinajstić information content (AvgIpc) is 2.36. The molecule has 7 nitrogen and oxygen atoms in total. The molecule has 1 atom stereocenters. The first kappa shape index (κ1) is 14.9. The van der Waals surface area contributed by atoms with E-state index in [-0.39, 0.29) is 23.8 Å². The summed E-state index contributed by atoms with van der Waals surface area (Å²) >= 11 is 1.45. The molecule has 1 unspecified atom stereocenters. The zero-order valence-electron chi connectivity index (χ0n) is 10.6. The Morgan fingerprint density at radius 1 is 1.44 bits per heavy atom. The second-order valence-corrected chi connectivity index (χ2v) is 5.06. The van der Waals surface area contributed by atoms with E-state index in [1.807, 2.05) is 13.8 Å². The molecule has 0 amide bonds. The minimum absolute atomic E-state index is 0.139. The van der Waals surface area contributed by atoms with Crippen LogP contribution in [0.1, 0.15) is 26.7 Å². The minimum Gasteiger partial charge on any atom is -0.463 e. The first-order valence-electron chi connectivity index (χ1n) is 5.82. The van der Waals surface area contributed by atoms with Crippen molar-refractivity contribution in [2.75, 3.05) is 18.6 Å². The number of rotatable bonds is 8. The van der Waals surface area contributed by atoms with Gasteiger partial charge in [0.05, 0.1) is 6.61 Å². The van der Waals surface area contributed by atoms with Crippen LogP contribution in [0.15, 0.2) is 5.16 Å². The predicted molar refractivity (Wildman–Crippen MR) is 70.4 cm³/mol. The van der Waals surface area contributed by atoms with E-state index < -0.39 is 0 Å². The van der Waals surface area contributed by atoms with E-state index in [1.54, 1.807) is 0 Å². The van der Waals surface area contributed by atoms with Crippen LogP contribution in [0.3, 0.4) is 0 Å². The van der Waals surface area contributed by atoms with Gasteiger partial charge in [-0.05, 0) is 12.8 Å². The highest BCUT2D eigenvalue weighted by molar-refractivity contribution is 7.99. The Morgan fingerprint density at radius 2 is 2.22 bits per heavy atom. The molecule has 0 aliphatic carbocycles. The minimum atomic E-state index is 0.139. The summed E-state index contributed by atoms with van der Waals surface area (Å²) in [7, 11) is 0. The highest BCUT2D eigenvalue weighted by atomic mass is 32.2. The Morgan fingerprint density at radius 3 is 2.83 bits per heavy atom. The summed E-state index contributed by atoms with van der Waals surface area (Å²) < 4.78 is 5.36. The number of aliphatic hydroxyl groups excluding tert-OH is 1. The van der Waals surface area contributed by atoms with Crippen LogP contribution in [0.5, 0.6) is 6.01 Å². The number of hydrogen-bond acceptors (Lipinski definition) is 8. The number of aliphatic hydroxyl groups is 1. The third-order valence-electron chi connectivity index (χ3n) is 2.00. The topological polar surface area (TPSA) is 106 Å². The Bertz CT molecular complexity index is 366. The Kier molecular flexibility index (Phi) is 6.69. The zero-order chi connectivity index (χ0) is 13.4. The normalized spacial score (nSPS) is 12.2. The molecule has 0 spiro atoms. The standard InChI is InChI=1S/C10H19N5O2S/c1-3-6-17-9-12-8(15-11)13-10(14-9)18-7(2)4-5-16/h7,16H,3-6,11H2,1-2H3,(H,12,13,14,15). The maximum atomic E-state index is 8.86. The highest BCUT2D eigenvalue weighted by Crippen LogP contribution is 2.23. The maximum Gasteiger partial charge on any atom is 0.322 e. The molecule has 0 aliphatic rings. The molecule has 0 saturated carbocycles. The van der Waals surface area contributed by atoms with E-state index in [0.29, 0.717) is 18.2 Å². The zero-order valence-corrected chi connectivity index (χ0v) is 11.4. The molecule has 0 bridgehead atoms. The number of nitrogens with two attached hydrogens (primary N) is 1. The second kappa shape index (κ2) is 8.06. The summed E-state index contributed by atoms with van der Waals surface area (Å²) in [4.78, 5) is 12.3. The van der Waals surface area contributed by atoms with Crippen molar-refractivity contribution in [3.63, 3.8) is 0 Å². The number of nitrogens with zero attached hydrogens (tertiary/aromatic N) is 3. The van der Waals surface area contributed by atoms with Gasteiger partial charge in [0.1, 0.15) is 0 Å². The average molecular weight is 273 g/mol. The third kappa shape index (κ3) is 5.03. The van der Waals surface area contributed by atoms with Gasteiger partial charge in [-0.1, -0.05) is 25.6 Å². The summed E-state index contributed by atoms with van der Waals surface area (Å²) in [5, 5.41) is 9.61. The SMILES string of the molecule is CCCOc1nc(NN)nc(SC(C)CCO)n1. The van der Waals surface area contributed by atoms with E-state index in [9.17, 15) is 0 Å². The van der Waals surface area contributed by atoms with Crippen LogP contribution < -0.4 is 16.0 Å². The number of nitrogens with one attached hydrogen (secondary N) is 1. The lowest BCUT2D eigenvalue weighted by Crippen LogP contribution is -2.13. The molecule has 1 heterocycles. The first-order valence-corrected chi connectivity index (χ1v) is 6.70. The number of nitrogen functional groups attached to an aromatic ring is 1. The fraction of sp³-hybridized carbons (Fsp3) is 0.700. The van der Waals surface area contributed by atoms with Gasteiger partial charge in [0.25, 0.3) is 0 Å². The predicted octanol–water partition coefficient (Wildman–Crippen LogP) is 0.809. The van der Waals surface area contributed by atoms with Crippen molar-refractivity contribution < 1.29 is 9.84 Å². The van der Waals surface area contributed by atoms with Crippen molar-refractivity contribution in [2.45, 2.75) is 37.1 Å². The van der Waals surface area contributed by atoms with Crippen LogP contribution >= 0.6 is 11.8 Å². The third-order valence-corrected chi connectivity index (χ3v) is 3.03. The van der Waals surface area contributed by atoms with E-state index in [1.165, 1.54) is 11.8 Å². The smallest absolute Gasteiger partial charge is 0.322 e. The molecule has 18 heavy (non-hydrogen) atoms. The lowest BCUT2D eigenvalue weighted by Gasteiger charge is -2.10. The number of ether oxygens (including phenoxy) is 1. The van der Waals surface area contributed by atoms with Gasteiger partial charge in [-0.3, -0.25) is 5.43 Å². The van der Waals surface area contributed by atoms with Gasteiger partial charge in [-0.2, -0.15) is 15.0 Å². The van der Waals surface area contributed by atoms with Crippen molar-refractivity contribution in [3.05, 3.63) is 0 Å². The Hall–Kier alpha value is -1.12. The van der Waals surface area contributed by atoms with E-state index in [2.05, 4.69) is 20.4 Å². The van der Waals surface area contributed by atoms with E-state index >= 15 is 0 Å². The molecule has 102 valence electrons.